The minimum absolute atomic E-state index is 0.112. The van der Waals surface area contributed by atoms with Gasteiger partial charge in [0.05, 0.1) is 0 Å². The zero-order valence-electron chi connectivity index (χ0n) is 16.3. The Kier molecular flexibility index (Phi) is 5.89. The lowest BCUT2D eigenvalue weighted by Crippen LogP contribution is -2.45. The van der Waals surface area contributed by atoms with Crippen LogP contribution in [-0.2, 0) is 17.6 Å². The minimum Gasteiger partial charge on any atom is -0.441 e. The summed E-state index contributed by atoms with van der Waals surface area (Å²) in [5, 5.41) is 5.67. The molecule has 2 heterocycles. The summed E-state index contributed by atoms with van der Waals surface area (Å²) in [5.74, 6) is 0.304. The lowest BCUT2D eigenvalue weighted by atomic mass is 10.1. The average molecular weight is 391 g/mol. The maximum absolute atomic E-state index is 12.6. The van der Waals surface area contributed by atoms with Crippen LogP contribution in [0.5, 0.6) is 0 Å². The van der Waals surface area contributed by atoms with E-state index >= 15 is 0 Å². The maximum atomic E-state index is 12.6. The van der Waals surface area contributed by atoms with Gasteiger partial charge in [0, 0.05) is 18.5 Å². The van der Waals surface area contributed by atoms with E-state index in [-0.39, 0.29) is 11.8 Å². The van der Waals surface area contributed by atoms with Crippen LogP contribution in [0, 0.1) is 0 Å². The smallest absolute Gasteiger partial charge is 0.252 e. The summed E-state index contributed by atoms with van der Waals surface area (Å²) >= 11 is 0. The van der Waals surface area contributed by atoms with Gasteiger partial charge in [0.15, 0.2) is 11.5 Å². The predicted octanol–water partition coefficient (Wildman–Crippen LogP) is 3.40. The first-order valence-electron chi connectivity index (χ1n) is 10.2. The second kappa shape index (κ2) is 8.90. The average Bonchev–Trinajstić information content (AvgIpc) is 3.04. The fourth-order valence-electron chi connectivity index (χ4n) is 3.63. The molecule has 1 fully saturated rings. The normalized spacial score (nSPS) is 17.0. The van der Waals surface area contributed by atoms with E-state index in [1.54, 1.807) is 18.2 Å². The van der Waals surface area contributed by atoms with E-state index in [9.17, 15) is 9.59 Å². The number of amides is 2. The van der Waals surface area contributed by atoms with Crippen LogP contribution in [0.25, 0.3) is 11.1 Å². The number of aryl methyl sites for hydroxylation is 2. The Balaban J connectivity index is 1.39. The topological polar surface area (TPSA) is 84.2 Å². The molecule has 150 valence electrons. The first-order chi connectivity index (χ1) is 14.2. The zero-order valence-corrected chi connectivity index (χ0v) is 16.3. The van der Waals surface area contributed by atoms with Crippen LogP contribution in [-0.4, -0.2) is 29.4 Å². The number of hydrogen-bond acceptors (Lipinski definition) is 4. The molecule has 29 heavy (non-hydrogen) atoms. The van der Waals surface area contributed by atoms with Gasteiger partial charge < -0.3 is 15.1 Å². The first kappa shape index (κ1) is 19.2. The number of carbonyl (C=O) groups is 2. The first-order valence-corrected chi connectivity index (χ1v) is 10.2. The second-order valence-corrected chi connectivity index (χ2v) is 7.44. The molecule has 3 aromatic rings. The van der Waals surface area contributed by atoms with E-state index in [2.05, 4.69) is 27.8 Å². The van der Waals surface area contributed by atoms with E-state index < -0.39 is 6.04 Å². The van der Waals surface area contributed by atoms with Crippen molar-refractivity contribution in [3.8, 4) is 0 Å². The highest BCUT2D eigenvalue weighted by Crippen LogP contribution is 2.19. The lowest BCUT2D eigenvalue weighted by molar-refractivity contribution is -0.122. The van der Waals surface area contributed by atoms with Crippen LogP contribution in [0.4, 0.5) is 0 Å². The van der Waals surface area contributed by atoms with Gasteiger partial charge in [-0.2, -0.15) is 0 Å². The largest absolute Gasteiger partial charge is 0.441 e. The predicted molar refractivity (Wildman–Crippen MR) is 111 cm³/mol. The van der Waals surface area contributed by atoms with Crippen molar-refractivity contribution >= 4 is 22.9 Å². The molecule has 2 N–H and O–H groups in total. The van der Waals surface area contributed by atoms with Crippen molar-refractivity contribution in [2.45, 2.75) is 44.6 Å². The second-order valence-electron chi connectivity index (χ2n) is 7.44. The highest BCUT2D eigenvalue weighted by molar-refractivity contribution is 5.99. The number of benzene rings is 2. The molecule has 0 aliphatic carbocycles. The number of carbonyl (C=O) groups excluding carboxylic acids is 2. The van der Waals surface area contributed by atoms with Crippen molar-refractivity contribution in [1.82, 2.24) is 15.6 Å². The molecule has 1 saturated heterocycles. The number of fused-ring (bicyclic) bond motifs is 1. The summed E-state index contributed by atoms with van der Waals surface area (Å²) in [7, 11) is 0. The van der Waals surface area contributed by atoms with Gasteiger partial charge in [0.1, 0.15) is 11.6 Å². The third-order valence-electron chi connectivity index (χ3n) is 5.23. The monoisotopic (exact) mass is 391 g/mol. The lowest BCUT2D eigenvalue weighted by Gasteiger charge is -2.15. The van der Waals surface area contributed by atoms with Crippen molar-refractivity contribution in [2.24, 2.45) is 0 Å². The SMILES string of the molecule is O=C(N[C@H]1CCCCNC1=O)c1ccc2oc(CCCc3ccccc3)nc2c1. The van der Waals surface area contributed by atoms with E-state index in [1.165, 1.54) is 5.56 Å². The molecule has 2 aromatic carbocycles. The number of nitrogens with zero attached hydrogens (tertiary/aromatic N) is 1. The maximum Gasteiger partial charge on any atom is 0.252 e. The molecule has 6 nitrogen and oxygen atoms in total. The number of nitrogens with one attached hydrogen (secondary N) is 2. The van der Waals surface area contributed by atoms with Crippen LogP contribution in [0.2, 0.25) is 0 Å². The molecular formula is C23H25N3O3. The fourth-order valence-corrected chi connectivity index (χ4v) is 3.63. The zero-order chi connectivity index (χ0) is 20.1. The minimum atomic E-state index is -0.480. The van der Waals surface area contributed by atoms with Gasteiger partial charge in [0.2, 0.25) is 5.91 Å². The third-order valence-corrected chi connectivity index (χ3v) is 5.23. The molecule has 4 rings (SSSR count). The summed E-state index contributed by atoms with van der Waals surface area (Å²) in [6.45, 7) is 0.670. The molecule has 0 saturated carbocycles. The van der Waals surface area contributed by atoms with Crippen LogP contribution in [0.3, 0.4) is 0 Å². The Morgan fingerprint density at radius 2 is 2.00 bits per heavy atom. The summed E-state index contributed by atoms with van der Waals surface area (Å²) in [6, 6.07) is 15.1. The van der Waals surface area contributed by atoms with E-state index in [1.807, 2.05) is 18.2 Å². The van der Waals surface area contributed by atoms with Crippen molar-refractivity contribution in [1.29, 1.82) is 0 Å². The quantitative estimate of drug-likeness (QED) is 0.674. The number of rotatable bonds is 6. The van der Waals surface area contributed by atoms with Crippen molar-refractivity contribution in [3.63, 3.8) is 0 Å². The Morgan fingerprint density at radius 1 is 1.14 bits per heavy atom. The van der Waals surface area contributed by atoms with Crippen LogP contribution < -0.4 is 10.6 Å². The molecule has 0 unspecified atom stereocenters. The number of aromatic nitrogens is 1. The van der Waals surface area contributed by atoms with Crippen molar-refractivity contribution in [3.05, 3.63) is 65.5 Å². The number of oxazole rings is 1. The van der Waals surface area contributed by atoms with Crippen molar-refractivity contribution < 1.29 is 14.0 Å². The van der Waals surface area contributed by atoms with Crippen LogP contribution in [0.15, 0.2) is 52.9 Å². The van der Waals surface area contributed by atoms with E-state index in [4.69, 9.17) is 4.42 Å². The fraction of sp³-hybridized carbons (Fsp3) is 0.348. The molecule has 2 amide bonds. The Labute approximate surface area is 169 Å². The Bertz CT molecular complexity index is 997. The van der Waals surface area contributed by atoms with Crippen LogP contribution in [0.1, 0.15) is 47.5 Å². The number of hydrogen-bond donors (Lipinski definition) is 2. The molecular weight excluding hydrogens is 366 g/mol. The molecule has 0 radical (unpaired) electrons. The molecule has 0 spiro atoms. The van der Waals surface area contributed by atoms with E-state index in [0.717, 1.165) is 32.1 Å². The summed E-state index contributed by atoms with van der Waals surface area (Å²) in [4.78, 5) is 29.2. The Morgan fingerprint density at radius 3 is 2.86 bits per heavy atom. The summed E-state index contributed by atoms with van der Waals surface area (Å²) < 4.78 is 5.82. The highest BCUT2D eigenvalue weighted by Gasteiger charge is 2.23. The highest BCUT2D eigenvalue weighted by atomic mass is 16.3. The Hall–Kier alpha value is -3.15. The standard InChI is InChI=1S/C23H25N3O3/c27-22(26-18-10-4-5-14-24-23(18)28)17-12-13-20-19(15-17)25-21(29-20)11-6-9-16-7-2-1-3-8-16/h1-3,7-8,12-13,15,18H,4-6,9-11,14H2,(H,24,28)(H,26,27)/t18-/m0/s1. The van der Waals surface area contributed by atoms with E-state index in [0.29, 0.717) is 35.5 Å². The summed E-state index contributed by atoms with van der Waals surface area (Å²) in [5.41, 5.74) is 3.12. The van der Waals surface area contributed by atoms with Crippen molar-refractivity contribution in [2.75, 3.05) is 6.54 Å². The van der Waals surface area contributed by atoms with Gasteiger partial charge in [-0.05, 0) is 55.9 Å². The summed E-state index contributed by atoms with van der Waals surface area (Å²) in [6.07, 6.45) is 5.18. The molecule has 1 atom stereocenters. The van der Waals surface area contributed by atoms with Gasteiger partial charge in [-0.1, -0.05) is 30.3 Å². The van der Waals surface area contributed by atoms with Gasteiger partial charge in [-0.15, -0.1) is 0 Å². The third kappa shape index (κ3) is 4.83. The molecule has 1 aromatic heterocycles. The van der Waals surface area contributed by atoms with Gasteiger partial charge in [0.25, 0.3) is 5.91 Å². The molecule has 6 heteroatoms. The van der Waals surface area contributed by atoms with Gasteiger partial charge in [-0.3, -0.25) is 9.59 Å². The molecule has 0 bridgehead atoms. The van der Waals surface area contributed by atoms with Crippen LogP contribution >= 0.6 is 0 Å². The van der Waals surface area contributed by atoms with Gasteiger partial charge >= 0.3 is 0 Å². The molecule has 1 aliphatic rings. The molecule has 1 aliphatic heterocycles. The van der Waals surface area contributed by atoms with Gasteiger partial charge in [-0.25, -0.2) is 4.98 Å².